The van der Waals surface area contributed by atoms with Gasteiger partial charge in [-0.25, -0.2) is 0 Å². The summed E-state index contributed by atoms with van der Waals surface area (Å²) in [7, 11) is 0. The smallest absolute Gasteiger partial charge is 0.323 e. The molecule has 1 atom stereocenters. The molecule has 0 saturated heterocycles. The molecule has 90 valence electrons. The fourth-order valence-electron chi connectivity index (χ4n) is 1.38. The Bertz CT molecular complexity index is 366. The van der Waals surface area contributed by atoms with Crippen molar-refractivity contribution in [2.45, 2.75) is 33.0 Å². The first-order valence-electron chi connectivity index (χ1n) is 4.90. The first-order valence-corrected chi connectivity index (χ1v) is 4.90. The van der Waals surface area contributed by atoms with E-state index >= 15 is 0 Å². The number of pyridine rings is 1. The van der Waals surface area contributed by atoms with E-state index in [1.165, 1.54) is 6.20 Å². The van der Waals surface area contributed by atoms with Crippen LogP contribution >= 0.6 is 0 Å². The second kappa shape index (κ2) is 4.05. The minimum Gasteiger partial charge on any atom is -0.323 e. The van der Waals surface area contributed by atoms with Gasteiger partial charge in [0.15, 0.2) is 0 Å². The number of hydrogen-bond donors (Lipinski definition) is 1. The predicted molar refractivity (Wildman–Crippen MR) is 55.6 cm³/mol. The van der Waals surface area contributed by atoms with E-state index in [2.05, 4.69) is 4.98 Å². The van der Waals surface area contributed by atoms with Crippen molar-refractivity contribution < 1.29 is 13.2 Å². The van der Waals surface area contributed by atoms with Crippen LogP contribution in [0.3, 0.4) is 0 Å². The Hall–Kier alpha value is -1.10. The van der Waals surface area contributed by atoms with Crippen molar-refractivity contribution >= 4 is 0 Å². The SMILES string of the molecule is CC(C)(C)C(N)c1cnccc1C(F)(F)F. The minimum absolute atomic E-state index is 0.0440. The molecule has 1 aromatic rings. The van der Waals surface area contributed by atoms with Crippen LogP contribution in [0.1, 0.15) is 37.9 Å². The highest BCUT2D eigenvalue weighted by Crippen LogP contribution is 2.38. The fourth-order valence-corrected chi connectivity index (χ4v) is 1.38. The third-order valence-corrected chi connectivity index (χ3v) is 2.43. The molecule has 0 aliphatic carbocycles. The Morgan fingerprint density at radius 3 is 2.25 bits per heavy atom. The lowest BCUT2D eigenvalue weighted by Gasteiger charge is -2.29. The summed E-state index contributed by atoms with van der Waals surface area (Å²) in [6.45, 7) is 5.39. The summed E-state index contributed by atoms with van der Waals surface area (Å²) in [5.41, 5.74) is 4.73. The summed E-state index contributed by atoms with van der Waals surface area (Å²) in [6, 6.07) is 0.263. The maximum atomic E-state index is 12.7. The Labute approximate surface area is 92.7 Å². The van der Waals surface area contributed by atoms with Gasteiger partial charge in [-0.3, -0.25) is 4.98 Å². The number of halogens is 3. The predicted octanol–water partition coefficient (Wildman–Crippen LogP) is 3.15. The highest BCUT2D eigenvalue weighted by molar-refractivity contribution is 5.30. The van der Waals surface area contributed by atoms with Crippen molar-refractivity contribution in [3.8, 4) is 0 Å². The molecule has 1 rings (SSSR count). The molecule has 0 radical (unpaired) electrons. The van der Waals surface area contributed by atoms with E-state index < -0.39 is 23.2 Å². The Balaban J connectivity index is 3.25. The standard InChI is InChI=1S/C11H15F3N2/c1-10(2,3)9(15)7-6-16-5-4-8(7)11(12,13)14/h4-6,9H,15H2,1-3H3. The quantitative estimate of drug-likeness (QED) is 0.807. The molecule has 0 amide bonds. The summed E-state index contributed by atoms with van der Waals surface area (Å²) >= 11 is 0. The fraction of sp³-hybridized carbons (Fsp3) is 0.545. The topological polar surface area (TPSA) is 38.9 Å². The van der Waals surface area contributed by atoms with Gasteiger partial charge in [0.1, 0.15) is 0 Å². The van der Waals surface area contributed by atoms with E-state index in [0.717, 1.165) is 12.3 Å². The summed E-state index contributed by atoms with van der Waals surface area (Å²) in [5, 5.41) is 0. The first-order chi connectivity index (χ1) is 7.14. The van der Waals surface area contributed by atoms with Gasteiger partial charge in [0.2, 0.25) is 0 Å². The molecule has 0 fully saturated rings. The molecular formula is C11H15F3N2. The van der Waals surface area contributed by atoms with Crippen LogP contribution in [-0.4, -0.2) is 4.98 Å². The third-order valence-electron chi connectivity index (χ3n) is 2.43. The van der Waals surface area contributed by atoms with E-state index in [1.807, 2.05) is 0 Å². The molecular weight excluding hydrogens is 217 g/mol. The Morgan fingerprint density at radius 1 is 1.25 bits per heavy atom. The molecule has 1 heterocycles. The lowest BCUT2D eigenvalue weighted by atomic mass is 9.82. The maximum Gasteiger partial charge on any atom is 0.416 e. The molecule has 5 heteroatoms. The van der Waals surface area contributed by atoms with Crippen molar-refractivity contribution in [1.29, 1.82) is 0 Å². The van der Waals surface area contributed by atoms with Gasteiger partial charge in [0.05, 0.1) is 5.56 Å². The average Bonchev–Trinajstić information content (AvgIpc) is 2.14. The summed E-state index contributed by atoms with van der Waals surface area (Å²) < 4.78 is 38.1. The van der Waals surface area contributed by atoms with Crippen LogP contribution in [0.5, 0.6) is 0 Å². The highest BCUT2D eigenvalue weighted by atomic mass is 19.4. The molecule has 0 aliphatic rings. The summed E-state index contributed by atoms with van der Waals surface area (Å²) in [4.78, 5) is 3.71. The van der Waals surface area contributed by atoms with Crippen LogP contribution in [0, 0.1) is 5.41 Å². The monoisotopic (exact) mass is 232 g/mol. The zero-order chi connectivity index (χ0) is 12.6. The summed E-state index contributed by atoms with van der Waals surface area (Å²) in [6.07, 6.45) is -2.07. The first kappa shape index (κ1) is 13.0. The van der Waals surface area contributed by atoms with Crippen molar-refractivity contribution in [3.05, 3.63) is 29.6 Å². The number of alkyl halides is 3. The van der Waals surface area contributed by atoms with Gasteiger partial charge in [-0.2, -0.15) is 13.2 Å². The van der Waals surface area contributed by atoms with Gasteiger partial charge in [0.25, 0.3) is 0 Å². The van der Waals surface area contributed by atoms with Gasteiger partial charge in [0, 0.05) is 18.4 Å². The lowest BCUT2D eigenvalue weighted by Crippen LogP contribution is -2.28. The van der Waals surface area contributed by atoms with Crippen LogP contribution in [-0.2, 0) is 6.18 Å². The second-order valence-corrected chi connectivity index (χ2v) is 4.80. The minimum atomic E-state index is -4.39. The normalized spacial score (nSPS) is 14.9. The third kappa shape index (κ3) is 2.72. The van der Waals surface area contributed by atoms with Gasteiger partial charge in [-0.1, -0.05) is 20.8 Å². The molecule has 0 spiro atoms. The van der Waals surface area contributed by atoms with Crippen molar-refractivity contribution in [2.75, 3.05) is 0 Å². The zero-order valence-electron chi connectivity index (χ0n) is 9.47. The van der Waals surface area contributed by atoms with Gasteiger partial charge in [-0.15, -0.1) is 0 Å². The van der Waals surface area contributed by atoms with Gasteiger partial charge >= 0.3 is 6.18 Å². The number of hydrogen-bond acceptors (Lipinski definition) is 2. The average molecular weight is 232 g/mol. The van der Waals surface area contributed by atoms with Gasteiger partial charge in [-0.05, 0) is 17.0 Å². The number of nitrogens with two attached hydrogens (primary N) is 1. The number of aromatic nitrogens is 1. The number of rotatable bonds is 1. The Morgan fingerprint density at radius 2 is 1.81 bits per heavy atom. The van der Waals surface area contributed by atoms with Crippen LogP contribution in [0.2, 0.25) is 0 Å². The summed E-state index contributed by atoms with van der Waals surface area (Å²) in [5.74, 6) is 0. The Kier molecular flexibility index (Phi) is 3.28. The van der Waals surface area contributed by atoms with Gasteiger partial charge < -0.3 is 5.73 Å². The molecule has 1 unspecified atom stereocenters. The van der Waals surface area contributed by atoms with Crippen LogP contribution in [0.4, 0.5) is 13.2 Å². The van der Waals surface area contributed by atoms with Crippen molar-refractivity contribution in [1.82, 2.24) is 4.98 Å². The molecule has 0 saturated carbocycles. The number of nitrogens with zero attached hydrogens (tertiary/aromatic N) is 1. The van der Waals surface area contributed by atoms with E-state index in [0.29, 0.717) is 0 Å². The van der Waals surface area contributed by atoms with Crippen molar-refractivity contribution in [2.24, 2.45) is 11.1 Å². The zero-order valence-corrected chi connectivity index (χ0v) is 9.47. The van der Waals surface area contributed by atoms with Crippen molar-refractivity contribution in [3.63, 3.8) is 0 Å². The van der Waals surface area contributed by atoms with E-state index in [4.69, 9.17) is 5.73 Å². The van der Waals surface area contributed by atoms with E-state index in [9.17, 15) is 13.2 Å². The molecule has 0 aromatic carbocycles. The second-order valence-electron chi connectivity index (χ2n) is 4.80. The molecule has 0 bridgehead atoms. The van der Waals surface area contributed by atoms with E-state index in [1.54, 1.807) is 20.8 Å². The maximum absolute atomic E-state index is 12.7. The van der Waals surface area contributed by atoms with E-state index in [-0.39, 0.29) is 5.56 Å². The molecule has 2 nitrogen and oxygen atoms in total. The van der Waals surface area contributed by atoms with Crippen LogP contribution < -0.4 is 5.73 Å². The molecule has 16 heavy (non-hydrogen) atoms. The largest absolute Gasteiger partial charge is 0.416 e. The highest BCUT2D eigenvalue weighted by Gasteiger charge is 2.36. The molecule has 1 aromatic heterocycles. The van der Waals surface area contributed by atoms with Crippen LogP contribution in [0.15, 0.2) is 18.5 Å². The molecule has 0 aliphatic heterocycles. The van der Waals surface area contributed by atoms with Crippen LogP contribution in [0.25, 0.3) is 0 Å². The molecule has 2 N–H and O–H groups in total. The lowest BCUT2D eigenvalue weighted by molar-refractivity contribution is -0.138.